The van der Waals surface area contributed by atoms with E-state index >= 15 is 0 Å². The van der Waals surface area contributed by atoms with Gasteiger partial charge in [0.25, 0.3) is 0 Å². The van der Waals surface area contributed by atoms with Crippen LogP contribution in [0.4, 0.5) is 16.2 Å². The minimum Gasteiger partial charge on any atom is -0.497 e. The molecular formula is C20H26ClN3O2. The number of methoxy groups -OCH3 is 1. The summed E-state index contributed by atoms with van der Waals surface area (Å²) in [5.74, 6) is 0.778. The van der Waals surface area contributed by atoms with Crippen molar-refractivity contribution in [3.8, 4) is 5.75 Å². The number of halogens is 1. The molecule has 1 aliphatic rings. The summed E-state index contributed by atoms with van der Waals surface area (Å²) in [5, 5.41) is 2.95. The van der Waals surface area contributed by atoms with Gasteiger partial charge in [-0.05, 0) is 55.3 Å². The third-order valence-corrected chi connectivity index (χ3v) is 4.82. The molecule has 1 heterocycles. The molecule has 1 aliphatic heterocycles. The summed E-state index contributed by atoms with van der Waals surface area (Å²) in [5.41, 5.74) is 4.67. The van der Waals surface area contributed by atoms with Crippen molar-refractivity contribution in [2.45, 2.75) is 13.8 Å². The van der Waals surface area contributed by atoms with Crippen molar-refractivity contribution < 1.29 is 9.53 Å². The maximum Gasteiger partial charge on any atom is 0.321 e. The SMILES string of the molecule is COc1ccc(NC(=O)N2CCN(c3cccc(C)c3C)CC2)cc1.Cl. The number of carbonyl (C=O) groups is 1. The number of nitrogens with zero attached hydrogens (tertiary/aromatic N) is 2. The molecule has 5 nitrogen and oxygen atoms in total. The van der Waals surface area contributed by atoms with Crippen LogP contribution in [0.5, 0.6) is 5.75 Å². The van der Waals surface area contributed by atoms with E-state index in [0.29, 0.717) is 0 Å². The molecule has 0 aliphatic carbocycles. The van der Waals surface area contributed by atoms with Crippen molar-refractivity contribution in [3.05, 3.63) is 53.6 Å². The van der Waals surface area contributed by atoms with Crippen LogP contribution in [0.15, 0.2) is 42.5 Å². The van der Waals surface area contributed by atoms with Gasteiger partial charge in [0.05, 0.1) is 7.11 Å². The summed E-state index contributed by atoms with van der Waals surface area (Å²) in [6.45, 7) is 7.43. The lowest BCUT2D eigenvalue weighted by molar-refractivity contribution is 0.208. The van der Waals surface area contributed by atoms with Crippen molar-refractivity contribution >= 4 is 29.8 Å². The van der Waals surface area contributed by atoms with Gasteiger partial charge in [0.2, 0.25) is 0 Å². The number of urea groups is 1. The summed E-state index contributed by atoms with van der Waals surface area (Å²) in [6, 6.07) is 13.7. The molecule has 26 heavy (non-hydrogen) atoms. The van der Waals surface area contributed by atoms with E-state index in [1.165, 1.54) is 16.8 Å². The largest absolute Gasteiger partial charge is 0.497 e. The van der Waals surface area contributed by atoms with Gasteiger partial charge < -0.3 is 19.9 Å². The second-order valence-electron chi connectivity index (χ2n) is 6.35. The Morgan fingerprint density at radius 2 is 1.65 bits per heavy atom. The van der Waals surface area contributed by atoms with E-state index in [0.717, 1.165) is 37.6 Å². The number of ether oxygens (including phenoxy) is 1. The van der Waals surface area contributed by atoms with Gasteiger partial charge in [-0.25, -0.2) is 4.79 Å². The van der Waals surface area contributed by atoms with Gasteiger partial charge >= 0.3 is 6.03 Å². The molecule has 1 saturated heterocycles. The second-order valence-corrected chi connectivity index (χ2v) is 6.35. The van der Waals surface area contributed by atoms with Crippen LogP contribution in [-0.4, -0.2) is 44.2 Å². The van der Waals surface area contributed by atoms with Crippen molar-refractivity contribution in [3.63, 3.8) is 0 Å². The summed E-state index contributed by atoms with van der Waals surface area (Å²) < 4.78 is 5.13. The van der Waals surface area contributed by atoms with Crippen LogP contribution >= 0.6 is 12.4 Å². The lowest BCUT2D eigenvalue weighted by Gasteiger charge is -2.37. The first kappa shape index (κ1) is 19.9. The van der Waals surface area contributed by atoms with Crippen molar-refractivity contribution in [1.29, 1.82) is 0 Å². The highest BCUT2D eigenvalue weighted by Crippen LogP contribution is 2.24. The number of amides is 2. The first-order valence-electron chi connectivity index (χ1n) is 8.59. The van der Waals surface area contributed by atoms with Crippen molar-refractivity contribution in [1.82, 2.24) is 4.90 Å². The molecule has 0 bridgehead atoms. The molecule has 2 amide bonds. The Morgan fingerprint density at radius 3 is 2.27 bits per heavy atom. The van der Waals surface area contributed by atoms with Crippen LogP contribution < -0.4 is 15.0 Å². The number of rotatable bonds is 3. The normalized spacial score (nSPS) is 13.8. The maximum atomic E-state index is 12.5. The molecule has 2 aromatic rings. The number of aryl methyl sites for hydroxylation is 1. The summed E-state index contributed by atoms with van der Waals surface area (Å²) in [4.78, 5) is 16.7. The van der Waals surface area contributed by atoms with E-state index in [1.807, 2.05) is 29.2 Å². The Balaban J connectivity index is 0.00000243. The monoisotopic (exact) mass is 375 g/mol. The van der Waals surface area contributed by atoms with Crippen LogP contribution in [-0.2, 0) is 0 Å². The molecule has 1 N–H and O–H groups in total. The Labute approximate surface area is 161 Å². The average molecular weight is 376 g/mol. The molecule has 3 rings (SSSR count). The van der Waals surface area contributed by atoms with Gasteiger partial charge in [-0.2, -0.15) is 0 Å². The molecule has 0 saturated carbocycles. The Hall–Kier alpha value is -2.40. The van der Waals surface area contributed by atoms with Gasteiger partial charge in [-0.1, -0.05) is 12.1 Å². The fraction of sp³-hybridized carbons (Fsp3) is 0.350. The highest BCUT2D eigenvalue weighted by atomic mass is 35.5. The van der Waals surface area contributed by atoms with Gasteiger partial charge in [0.1, 0.15) is 5.75 Å². The number of nitrogens with one attached hydrogen (secondary N) is 1. The first-order chi connectivity index (χ1) is 12.1. The molecule has 0 spiro atoms. The molecule has 0 aromatic heterocycles. The Morgan fingerprint density at radius 1 is 1.00 bits per heavy atom. The topological polar surface area (TPSA) is 44.8 Å². The van der Waals surface area contributed by atoms with Gasteiger partial charge in [-0.15, -0.1) is 12.4 Å². The second kappa shape index (κ2) is 8.81. The van der Waals surface area contributed by atoms with Crippen LogP contribution in [0, 0.1) is 13.8 Å². The third kappa shape index (κ3) is 4.41. The minimum absolute atomic E-state index is 0. The van der Waals surface area contributed by atoms with Gasteiger partial charge in [-0.3, -0.25) is 0 Å². The predicted octanol–water partition coefficient (Wildman–Crippen LogP) is 4.09. The smallest absolute Gasteiger partial charge is 0.321 e. The zero-order valence-electron chi connectivity index (χ0n) is 15.5. The van der Waals surface area contributed by atoms with Crippen molar-refractivity contribution in [2.75, 3.05) is 43.5 Å². The molecule has 2 aromatic carbocycles. The molecule has 6 heteroatoms. The summed E-state index contributed by atoms with van der Waals surface area (Å²) >= 11 is 0. The number of benzene rings is 2. The summed E-state index contributed by atoms with van der Waals surface area (Å²) in [7, 11) is 1.63. The van der Waals surface area contributed by atoms with Crippen molar-refractivity contribution in [2.24, 2.45) is 0 Å². The summed E-state index contributed by atoms with van der Waals surface area (Å²) in [6.07, 6.45) is 0. The maximum absolute atomic E-state index is 12.5. The molecule has 0 unspecified atom stereocenters. The molecule has 140 valence electrons. The first-order valence-corrected chi connectivity index (χ1v) is 8.59. The molecule has 1 fully saturated rings. The lowest BCUT2D eigenvalue weighted by Crippen LogP contribution is -2.50. The minimum atomic E-state index is -0.0502. The van der Waals surface area contributed by atoms with Crippen LogP contribution in [0.25, 0.3) is 0 Å². The highest BCUT2D eigenvalue weighted by molar-refractivity contribution is 5.89. The zero-order chi connectivity index (χ0) is 17.8. The number of carbonyl (C=O) groups excluding carboxylic acids is 1. The van der Waals surface area contributed by atoms with Crippen LogP contribution in [0.2, 0.25) is 0 Å². The van der Waals surface area contributed by atoms with E-state index in [2.05, 4.69) is 42.3 Å². The quantitative estimate of drug-likeness (QED) is 0.878. The Kier molecular flexibility index (Phi) is 6.75. The fourth-order valence-corrected chi connectivity index (χ4v) is 3.11. The zero-order valence-corrected chi connectivity index (χ0v) is 16.3. The standard InChI is InChI=1S/C20H25N3O2.ClH/c1-15-5-4-6-19(16(15)2)22-11-13-23(14-12-22)20(24)21-17-7-9-18(25-3)10-8-17;/h4-10H,11-14H2,1-3H3,(H,21,24);1H. The third-order valence-electron chi connectivity index (χ3n) is 4.82. The highest BCUT2D eigenvalue weighted by Gasteiger charge is 2.22. The molecule has 0 radical (unpaired) electrons. The molecular weight excluding hydrogens is 350 g/mol. The van der Waals surface area contributed by atoms with E-state index in [-0.39, 0.29) is 18.4 Å². The number of anilines is 2. The van der Waals surface area contributed by atoms with E-state index in [1.54, 1.807) is 7.11 Å². The number of hydrogen-bond donors (Lipinski definition) is 1. The number of hydrogen-bond acceptors (Lipinski definition) is 3. The predicted molar refractivity (Wildman–Crippen MR) is 109 cm³/mol. The van der Waals surface area contributed by atoms with Crippen LogP contribution in [0.1, 0.15) is 11.1 Å². The van der Waals surface area contributed by atoms with E-state index in [4.69, 9.17) is 4.74 Å². The fourth-order valence-electron chi connectivity index (χ4n) is 3.11. The van der Waals surface area contributed by atoms with E-state index < -0.39 is 0 Å². The Bertz CT molecular complexity index is 741. The average Bonchev–Trinajstić information content (AvgIpc) is 2.65. The lowest BCUT2D eigenvalue weighted by atomic mass is 10.1. The van der Waals surface area contributed by atoms with Gasteiger partial charge in [0.15, 0.2) is 0 Å². The number of piperazine rings is 1. The molecule has 0 atom stereocenters. The van der Waals surface area contributed by atoms with E-state index in [9.17, 15) is 4.79 Å². The van der Waals surface area contributed by atoms with Crippen LogP contribution in [0.3, 0.4) is 0 Å². The van der Waals surface area contributed by atoms with Gasteiger partial charge in [0, 0.05) is 37.6 Å².